The van der Waals surface area contributed by atoms with Gasteiger partial charge in [-0.15, -0.1) is 0 Å². The van der Waals surface area contributed by atoms with Crippen LogP contribution in [0.3, 0.4) is 0 Å². The third kappa shape index (κ3) is 7.23. The molecule has 1 aromatic heterocycles. The van der Waals surface area contributed by atoms with E-state index in [4.69, 9.17) is 28.4 Å². The van der Waals surface area contributed by atoms with Gasteiger partial charge in [-0.1, -0.05) is 18.2 Å². The van der Waals surface area contributed by atoms with Crippen molar-refractivity contribution in [1.29, 1.82) is 0 Å². The first-order chi connectivity index (χ1) is 22.0. The van der Waals surface area contributed by atoms with Gasteiger partial charge in [-0.05, 0) is 113 Å². The summed E-state index contributed by atoms with van der Waals surface area (Å²) in [4.78, 5) is 1.27. The Balaban J connectivity index is 1.30. The van der Waals surface area contributed by atoms with Gasteiger partial charge >= 0.3 is 0 Å². The summed E-state index contributed by atoms with van der Waals surface area (Å²) in [5.41, 5.74) is 0. The predicted molar refractivity (Wildman–Crippen MR) is 182 cm³/mol. The molecule has 0 bridgehead atoms. The first-order valence-electron chi connectivity index (χ1n) is 15.2. The number of thiophene rings is 1. The van der Waals surface area contributed by atoms with Crippen LogP contribution in [0, 0.1) is 0 Å². The molecule has 0 aliphatic carbocycles. The van der Waals surface area contributed by atoms with E-state index in [2.05, 4.69) is 54.6 Å². The van der Waals surface area contributed by atoms with Gasteiger partial charge in [-0.2, -0.15) is 0 Å². The average molecular weight is 622 g/mol. The maximum Gasteiger partial charge on any atom is 0.196 e. The molecule has 0 aliphatic heterocycles. The van der Waals surface area contributed by atoms with Crippen molar-refractivity contribution in [1.82, 2.24) is 0 Å². The summed E-state index contributed by atoms with van der Waals surface area (Å²) < 4.78 is 37.7. The second-order valence-corrected chi connectivity index (χ2v) is 12.3. The molecular formula is C38H37O6S+. The summed E-state index contributed by atoms with van der Waals surface area (Å²) in [6.45, 7) is 8.85. The lowest BCUT2D eigenvalue weighted by Gasteiger charge is -2.14. The van der Waals surface area contributed by atoms with Crippen LogP contribution >= 0.6 is 10.5 Å². The second kappa shape index (κ2) is 14.0. The lowest BCUT2D eigenvalue weighted by Crippen LogP contribution is -2.15. The molecule has 0 radical (unpaired) electrons. The molecule has 0 spiro atoms. The summed E-state index contributed by atoms with van der Waals surface area (Å²) >= 11 is 0. The van der Waals surface area contributed by atoms with Crippen molar-refractivity contribution in [2.24, 2.45) is 0 Å². The van der Waals surface area contributed by atoms with Gasteiger partial charge in [0.1, 0.15) is 34.5 Å². The van der Waals surface area contributed by atoms with Gasteiger partial charge in [-0.3, -0.25) is 0 Å². The maximum atomic E-state index is 6.31. The molecule has 1 heterocycles. The van der Waals surface area contributed by atoms with Crippen molar-refractivity contribution >= 4 is 30.6 Å². The summed E-state index contributed by atoms with van der Waals surface area (Å²) in [5, 5.41) is 2.28. The Kier molecular flexibility index (Phi) is 9.50. The highest BCUT2D eigenvalue weighted by Crippen LogP contribution is 2.50. The minimum atomic E-state index is -0.311. The van der Waals surface area contributed by atoms with E-state index in [0.717, 1.165) is 45.3 Å². The van der Waals surface area contributed by atoms with Gasteiger partial charge in [0.25, 0.3) is 0 Å². The number of hydrogen-bond donors (Lipinski definition) is 0. The topological polar surface area (TPSA) is 55.4 Å². The number of ether oxygens (including phenoxy) is 6. The van der Waals surface area contributed by atoms with Crippen LogP contribution in [0.5, 0.6) is 34.5 Å². The lowest BCUT2D eigenvalue weighted by molar-refractivity contribution is -0.0616. The minimum Gasteiger partial charge on any atom is -0.465 e. The van der Waals surface area contributed by atoms with E-state index < -0.39 is 0 Å². The molecule has 6 aromatic rings. The molecule has 2 atom stereocenters. The molecule has 6 rings (SSSR count). The monoisotopic (exact) mass is 621 g/mol. The van der Waals surface area contributed by atoms with E-state index in [1.807, 2.05) is 88.4 Å². The Labute approximate surface area is 266 Å². The highest BCUT2D eigenvalue weighted by atomic mass is 32.2. The molecule has 0 N–H and O–H groups in total. The second-order valence-electron chi connectivity index (χ2n) is 10.4. The Morgan fingerprint density at radius 1 is 0.489 bits per heavy atom. The minimum absolute atomic E-state index is 0.240. The molecule has 0 aliphatic rings. The molecule has 0 fully saturated rings. The van der Waals surface area contributed by atoms with Gasteiger partial charge in [0.05, 0.1) is 10.8 Å². The molecule has 0 saturated carbocycles. The third-order valence-electron chi connectivity index (χ3n) is 7.14. The van der Waals surface area contributed by atoms with E-state index in [-0.39, 0.29) is 23.0 Å². The lowest BCUT2D eigenvalue weighted by atomic mass is 10.1. The standard InChI is InChI=1S/C38H37O6S/c1-5-39-26(3)41-28-12-16-30(17-13-28)43-32-20-22-37-35(24-32)36-25-33(21-23-38(36)45(37)34-10-8-7-9-11-34)44-31-18-14-29(15-19-31)42-27(4)40-6-2/h7-27H,5-6H2,1-4H3/q+1. The maximum absolute atomic E-state index is 6.31. The molecular weight excluding hydrogens is 584 g/mol. The zero-order valence-corrected chi connectivity index (χ0v) is 26.7. The molecule has 7 heteroatoms. The predicted octanol–water partition coefficient (Wildman–Crippen LogP) is 10.8. The molecule has 6 nitrogen and oxygen atoms in total. The van der Waals surface area contributed by atoms with Crippen molar-refractivity contribution in [2.75, 3.05) is 13.2 Å². The molecule has 2 unspecified atom stereocenters. The van der Waals surface area contributed by atoms with Crippen LogP contribution < -0.4 is 18.9 Å². The van der Waals surface area contributed by atoms with Crippen LogP contribution in [0.25, 0.3) is 25.1 Å². The fourth-order valence-electron chi connectivity index (χ4n) is 5.22. The highest BCUT2D eigenvalue weighted by molar-refractivity contribution is 7.50. The van der Waals surface area contributed by atoms with E-state index >= 15 is 0 Å². The number of fused-ring (bicyclic) bond motifs is 3. The normalized spacial score (nSPS) is 13.0. The first kappa shape index (κ1) is 30.5. The van der Waals surface area contributed by atoms with Gasteiger partial charge < -0.3 is 28.4 Å². The Hall–Kier alpha value is -4.56. The summed E-state index contributed by atoms with van der Waals surface area (Å²) in [7, 11) is -0.240. The molecule has 45 heavy (non-hydrogen) atoms. The van der Waals surface area contributed by atoms with Crippen LogP contribution in [0.1, 0.15) is 27.7 Å². The highest BCUT2D eigenvalue weighted by Gasteiger charge is 2.25. The van der Waals surface area contributed by atoms with Crippen LogP contribution in [0.2, 0.25) is 0 Å². The van der Waals surface area contributed by atoms with Gasteiger partial charge in [0.2, 0.25) is 0 Å². The summed E-state index contributed by atoms with van der Waals surface area (Å²) in [6.07, 6.45) is -0.623. The molecule has 230 valence electrons. The zero-order valence-electron chi connectivity index (χ0n) is 25.9. The number of rotatable bonds is 13. The van der Waals surface area contributed by atoms with Crippen molar-refractivity contribution in [3.63, 3.8) is 0 Å². The summed E-state index contributed by atoms with van der Waals surface area (Å²) in [5.74, 6) is 4.44. The smallest absolute Gasteiger partial charge is 0.196 e. The Morgan fingerprint density at radius 2 is 0.889 bits per heavy atom. The SMILES string of the molecule is CCOC(C)Oc1ccc(Oc2ccc3c(c2)c2cc(Oc4ccc(OC(C)OCC)cc4)ccc2[s+]3-c2ccccc2)cc1. The van der Waals surface area contributed by atoms with Crippen LogP contribution in [0.15, 0.2) is 115 Å². The van der Waals surface area contributed by atoms with Crippen LogP contribution in [-0.2, 0) is 9.47 Å². The fraction of sp³-hybridized carbons (Fsp3) is 0.211. The van der Waals surface area contributed by atoms with E-state index in [1.54, 1.807) is 0 Å². The molecule has 0 saturated heterocycles. The van der Waals surface area contributed by atoms with Crippen molar-refractivity contribution in [3.05, 3.63) is 115 Å². The molecule has 0 amide bonds. The third-order valence-corrected chi connectivity index (χ3v) is 9.47. The van der Waals surface area contributed by atoms with Crippen LogP contribution in [-0.4, -0.2) is 25.8 Å². The Morgan fingerprint density at radius 3 is 1.31 bits per heavy atom. The quantitative estimate of drug-likeness (QED) is 0.0945. The van der Waals surface area contributed by atoms with Crippen LogP contribution in [0.4, 0.5) is 0 Å². The van der Waals surface area contributed by atoms with E-state index in [9.17, 15) is 0 Å². The molecule has 5 aromatic carbocycles. The number of hydrogen-bond acceptors (Lipinski definition) is 6. The largest absolute Gasteiger partial charge is 0.465 e. The zero-order chi connectivity index (χ0) is 31.2. The van der Waals surface area contributed by atoms with E-state index in [1.165, 1.54) is 14.3 Å². The fourth-order valence-corrected chi connectivity index (χ4v) is 7.58. The van der Waals surface area contributed by atoms with E-state index in [0.29, 0.717) is 13.2 Å². The Bertz CT molecular complexity index is 1730. The van der Waals surface area contributed by atoms with Crippen molar-refractivity contribution < 1.29 is 28.4 Å². The van der Waals surface area contributed by atoms with Crippen molar-refractivity contribution in [3.8, 4) is 39.4 Å². The van der Waals surface area contributed by atoms with Gasteiger partial charge in [-0.25, -0.2) is 0 Å². The number of benzene rings is 5. The van der Waals surface area contributed by atoms with Crippen molar-refractivity contribution in [2.45, 2.75) is 40.3 Å². The first-order valence-corrected chi connectivity index (χ1v) is 16.4. The summed E-state index contributed by atoms with van der Waals surface area (Å²) in [6, 6.07) is 38.5. The van der Waals surface area contributed by atoms with Gasteiger partial charge in [0.15, 0.2) is 26.9 Å². The van der Waals surface area contributed by atoms with Gasteiger partial charge in [0, 0.05) is 35.8 Å². The average Bonchev–Trinajstić information content (AvgIpc) is 3.36.